The molecule has 0 aliphatic heterocycles. The van der Waals surface area contributed by atoms with Crippen LogP contribution in [0.25, 0.3) is 0 Å². The summed E-state index contributed by atoms with van der Waals surface area (Å²) in [5, 5.41) is 0. The third-order valence-electron chi connectivity index (χ3n) is 5.54. The second kappa shape index (κ2) is 28.8. The minimum Gasteiger partial charge on any atom is -0.463 e. The van der Waals surface area contributed by atoms with Crippen molar-refractivity contribution in [3.8, 4) is 0 Å². The molecule has 0 rings (SSSR count). The monoisotopic (exact) mass is 522 g/mol. The first-order valence-corrected chi connectivity index (χ1v) is 13.9. The van der Waals surface area contributed by atoms with Crippen LogP contribution in [0.1, 0.15) is 59.8 Å². The quantitative estimate of drug-likeness (QED) is 0.107. The van der Waals surface area contributed by atoms with Crippen LogP contribution in [0.15, 0.2) is 0 Å². The molecule has 0 fully saturated rings. The molecule has 2 unspecified atom stereocenters. The van der Waals surface area contributed by atoms with Crippen LogP contribution in [-0.4, -0.2) is 105 Å². The minimum atomic E-state index is -0.112. The van der Waals surface area contributed by atoms with Crippen molar-refractivity contribution in [1.29, 1.82) is 0 Å². The highest BCUT2D eigenvalue weighted by molar-refractivity contribution is 5.72. The SMILES string of the molecule is CCCCC(CC)C(=O)OCCOCCOCCOCCOCCOCCOCCOCC(C)CC. The normalized spacial score (nSPS) is 13.1. The van der Waals surface area contributed by atoms with Crippen LogP contribution in [0.2, 0.25) is 0 Å². The van der Waals surface area contributed by atoms with Gasteiger partial charge in [-0.2, -0.15) is 0 Å². The van der Waals surface area contributed by atoms with E-state index in [-0.39, 0.29) is 18.5 Å². The van der Waals surface area contributed by atoms with E-state index in [9.17, 15) is 4.79 Å². The van der Waals surface area contributed by atoms with Gasteiger partial charge in [-0.1, -0.05) is 47.0 Å². The molecule has 0 amide bonds. The lowest BCUT2D eigenvalue weighted by Gasteiger charge is -2.13. The van der Waals surface area contributed by atoms with Crippen molar-refractivity contribution in [3.05, 3.63) is 0 Å². The smallest absolute Gasteiger partial charge is 0.308 e. The topological polar surface area (TPSA) is 90.9 Å². The molecule has 0 aromatic heterocycles. The summed E-state index contributed by atoms with van der Waals surface area (Å²) >= 11 is 0. The first kappa shape index (κ1) is 35.2. The summed E-state index contributed by atoms with van der Waals surface area (Å²) in [7, 11) is 0. The average Bonchev–Trinajstić information content (AvgIpc) is 2.89. The summed E-state index contributed by atoms with van der Waals surface area (Å²) in [6.07, 6.45) is 5.00. The third kappa shape index (κ3) is 24.9. The number of ether oxygens (including phenoxy) is 8. The van der Waals surface area contributed by atoms with Crippen molar-refractivity contribution in [1.82, 2.24) is 0 Å². The van der Waals surface area contributed by atoms with Gasteiger partial charge in [-0.25, -0.2) is 0 Å². The molecule has 216 valence electrons. The van der Waals surface area contributed by atoms with Gasteiger partial charge in [0.15, 0.2) is 0 Å². The second-order valence-corrected chi connectivity index (χ2v) is 8.68. The average molecular weight is 523 g/mol. The van der Waals surface area contributed by atoms with Gasteiger partial charge in [0.1, 0.15) is 6.61 Å². The largest absolute Gasteiger partial charge is 0.463 e. The maximum absolute atomic E-state index is 12.0. The van der Waals surface area contributed by atoms with Crippen LogP contribution in [0, 0.1) is 11.8 Å². The van der Waals surface area contributed by atoms with Gasteiger partial charge in [-0.3, -0.25) is 4.79 Å². The van der Waals surface area contributed by atoms with Crippen LogP contribution in [0.4, 0.5) is 0 Å². The summed E-state index contributed by atoms with van der Waals surface area (Å²) < 4.78 is 43.5. The van der Waals surface area contributed by atoms with E-state index in [0.29, 0.717) is 91.8 Å². The molecule has 0 heterocycles. The Hall–Kier alpha value is -0.810. The molecule has 0 saturated heterocycles. The molecule has 0 aliphatic rings. The number of hydrogen-bond acceptors (Lipinski definition) is 9. The minimum absolute atomic E-state index is 0.00665. The molecule has 0 aliphatic carbocycles. The van der Waals surface area contributed by atoms with Crippen LogP contribution in [-0.2, 0) is 42.7 Å². The number of carbonyl (C=O) groups is 1. The zero-order valence-corrected chi connectivity index (χ0v) is 23.5. The van der Waals surface area contributed by atoms with Crippen molar-refractivity contribution < 1.29 is 42.7 Å². The van der Waals surface area contributed by atoms with Crippen molar-refractivity contribution in [2.24, 2.45) is 11.8 Å². The van der Waals surface area contributed by atoms with Crippen LogP contribution >= 0.6 is 0 Å². The van der Waals surface area contributed by atoms with Crippen LogP contribution in [0.5, 0.6) is 0 Å². The maximum atomic E-state index is 12.0. The molecule has 0 aromatic rings. The van der Waals surface area contributed by atoms with Crippen LogP contribution in [0.3, 0.4) is 0 Å². The number of esters is 1. The van der Waals surface area contributed by atoms with E-state index in [1.54, 1.807) is 0 Å². The Morgan fingerprint density at radius 2 is 0.944 bits per heavy atom. The first-order chi connectivity index (χ1) is 17.7. The molecule has 0 saturated carbocycles. The summed E-state index contributed by atoms with van der Waals surface area (Å²) in [4.78, 5) is 12.0. The van der Waals surface area contributed by atoms with Gasteiger partial charge in [-0.15, -0.1) is 0 Å². The van der Waals surface area contributed by atoms with Gasteiger partial charge >= 0.3 is 5.97 Å². The number of rotatable bonds is 29. The van der Waals surface area contributed by atoms with Crippen molar-refractivity contribution >= 4 is 5.97 Å². The molecular weight excluding hydrogens is 468 g/mol. The van der Waals surface area contributed by atoms with E-state index in [4.69, 9.17) is 37.9 Å². The van der Waals surface area contributed by atoms with E-state index in [0.717, 1.165) is 38.7 Å². The van der Waals surface area contributed by atoms with E-state index in [1.807, 2.05) is 6.92 Å². The Kier molecular flexibility index (Phi) is 28.1. The first-order valence-electron chi connectivity index (χ1n) is 13.9. The molecule has 0 spiro atoms. The van der Waals surface area contributed by atoms with E-state index >= 15 is 0 Å². The molecule has 0 bridgehead atoms. The molecule has 0 radical (unpaired) electrons. The Morgan fingerprint density at radius 3 is 1.31 bits per heavy atom. The van der Waals surface area contributed by atoms with Crippen LogP contribution < -0.4 is 0 Å². The highest BCUT2D eigenvalue weighted by Crippen LogP contribution is 2.14. The number of hydrogen-bond donors (Lipinski definition) is 0. The summed E-state index contributed by atoms with van der Waals surface area (Å²) in [6, 6.07) is 0. The Balaban J connectivity index is 3.19. The van der Waals surface area contributed by atoms with Gasteiger partial charge in [0.2, 0.25) is 0 Å². The highest BCUT2D eigenvalue weighted by Gasteiger charge is 2.16. The van der Waals surface area contributed by atoms with Crippen molar-refractivity contribution in [2.45, 2.75) is 59.8 Å². The number of carbonyl (C=O) groups excluding carboxylic acids is 1. The predicted molar refractivity (Wildman–Crippen MR) is 139 cm³/mol. The Bertz CT molecular complexity index is 451. The Morgan fingerprint density at radius 1 is 0.556 bits per heavy atom. The molecule has 9 heteroatoms. The van der Waals surface area contributed by atoms with Gasteiger partial charge in [0.25, 0.3) is 0 Å². The zero-order chi connectivity index (χ0) is 26.5. The summed E-state index contributed by atoms with van der Waals surface area (Å²) in [5.74, 6) is 0.494. The van der Waals surface area contributed by atoms with Crippen molar-refractivity contribution in [2.75, 3.05) is 99.1 Å². The standard InChI is InChI=1S/C27H54O9/c1-5-8-9-26(7-3)27(28)36-23-22-34-19-18-32-15-14-30-11-10-29-12-13-31-16-17-33-20-21-35-24-25(4)6-2/h25-26H,5-24H2,1-4H3. The maximum Gasteiger partial charge on any atom is 0.308 e. The van der Waals surface area contributed by atoms with E-state index in [1.165, 1.54) is 0 Å². The molecule has 2 atom stereocenters. The third-order valence-corrected chi connectivity index (χ3v) is 5.54. The molecule has 9 nitrogen and oxygen atoms in total. The zero-order valence-electron chi connectivity index (χ0n) is 23.5. The molecule has 0 N–H and O–H groups in total. The lowest BCUT2D eigenvalue weighted by Crippen LogP contribution is -2.20. The fourth-order valence-corrected chi connectivity index (χ4v) is 2.98. The van der Waals surface area contributed by atoms with Gasteiger partial charge in [-0.05, 0) is 18.8 Å². The van der Waals surface area contributed by atoms with Gasteiger partial charge in [0, 0.05) is 6.61 Å². The second-order valence-electron chi connectivity index (χ2n) is 8.68. The highest BCUT2D eigenvalue weighted by atomic mass is 16.6. The predicted octanol–water partition coefficient (Wildman–Crippen LogP) is 3.91. The fourth-order valence-electron chi connectivity index (χ4n) is 2.98. The Labute approximate surface area is 219 Å². The van der Waals surface area contributed by atoms with Gasteiger partial charge < -0.3 is 37.9 Å². The lowest BCUT2D eigenvalue weighted by molar-refractivity contribution is -0.150. The van der Waals surface area contributed by atoms with Crippen molar-refractivity contribution in [3.63, 3.8) is 0 Å². The molecule has 0 aromatic carbocycles. The van der Waals surface area contributed by atoms with E-state index in [2.05, 4.69) is 20.8 Å². The molecule has 36 heavy (non-hydrogen) atoms. The molecular formula is C27H54O9. The van der Waals surface area contributed by atoms with Gasteiger partial charge in [0.05, 0.1) is 91.8 Å². The lowest BCUT2D eigenvalue weighted by atomic mass is 10.00. The van der Waals surface area contributed by atoms with E-state index < -0.39 is 0 Å². The summed E-state index contributed by atoms with van der Waals surface area (Å²) in [5.41, 5.74) is 0. The number of unbranched alkanes of at least 4 members (excludes halogenated alkanes) is 1. The fraction of sp³-hybridized carbons (Fsp3) is 0.963. The summed E-state index contributed by atoms with van der Waals surface area (Å²) in [6.45, 7) is 16.3.